The third-order valence-corrected chi connectivity index (χ3v) is 5.40. The van der Waals surface area contributed by atoms with E-state index in [2.05, 4.69) is 32.6 Å². The van der Waals surface area contributed by atoms with E-state index >= 15 is 0 Å². The van der Waals surface area contributed by atoms with Gasteiger partial charge in [-0.05, 0) is 23.9 Å². The second-order valence-electron chi connectivity index (χ2n) is 6.27. The minimum Gasteiger partial charge on any atom is -0.319 e. The van der Waals surface area contributed by atoms with Gasteiger partial charge in [-0.2, -0.15) is 0 Å². The minimum atomic E-state index is -0.484. The Morgan fingerprint density at radius 1 is 1.12 bits per heavy atom. The quantitative estimate of drug-likeness (QED) is 0.595. The van der Waals surface area contributed by atoms with Crippen LogP contribution in [0.5, 0.6) is 0 Å². The van der Waals surface area contributed by atoms with Crippen LogP contribution in [0.15, 0.2) is 41.8 Å². The summed E-state index contributed by atoms with van der Waals surface area (Å²) in [6.07, 6.45) is 1.07. The number of hydrogen-bond donors (Lipinski definition) is 1. The number of thiophene rings is 1. The summed E-state index contributed by atoms with van der Waals surface area (Å²) >= 11 is 1.79. The smallest absolute Gasteiger partial charge is 0.292 e. The number of benzene rings is 1. The second kappa shape index (κ2) is 8.88. The lowest BCUT2D eigenvalue weighted by atomic mass is 10.2. The molecule has 1 aromatic carbocycles. The van der Waals surface area contributed by atoms with Gasteiger partial charge in [-0.1, -0.05) is 18.2 Å². The van der Waals surface area contributed by atoms with E-state index in [1.807, 2.05) is 0 Å². The Balaban J connectivity index is 1.43. The van der Waals surface area contributed by atoms with E-state index in [1.54, 1.807) is 29.5 Å². The first kappa shape index (κ1) is 18.5. The third-order valence-electron chi connectivity index (χ3n) is 4.46. The predicted molar refractivity (Wildman–Crippen MR) is 103 cm³/mol. The number of nitrogens with one attached hydrogen (secondary N) is 1. The summed E-state index contributed by atoms with van der Waals surface area (Å²) in [5, 5.41) is 15.8. The highest BCUT2D eigenvalue weighted by molar-refractivity contribution is 7.09. The molecule has 3 rings (SSSR count). The minimum absolute atomic E-state index is 0.0840. The average molecular weight is 374 g/mol. The average Bonchev–Trinajstić information content (AvgIpc) is 3.15. The molecule has 0 saturated carbocycles. The molecule has 1 aliphatic heterocycles. The molecule has 26 heavy (non-hydrogen) atoms. The fourth-order valence-corrected chi connectivity index (χ4v) is 3.72. The Hall–Kier alpha value is -2.29. The molecule has 8 heteroatoms. The second-order valence-corrected chi connectivity index (χ2v) is 7.30. The van der Waals surface area contributed by atoms with E-state index in [-0.39, 0.29) is 23.8 Å². The molecule has 2 heterocycles. The zero-order valence-electron chi connectivity index (χ0n) is 14.5. The van der Waals surface area contributed by atoms with Gasteiger partial charge in [0.15, 0.2) is 0 Å². The summed E-state index contributed by atoms with van der Waals surface area (Å²) < 4.78 is 0. The van der Waals surface area contributed by atoms with Crippen molar-refractivity contribution in [3.05, 3.63) is 56.8 Å². The van der Waals surface area contributed by atoms with Gasteiger partial charge < -0.3 is 10.2 Å². The normalized spacial score (nSPS) is 15.7. The lowest BCUT2D eigenvalue weighted by Crippen LogP contribution is -2.49. The van der Waals surface area contributed by atoms with Crippen LogP contribution < -0.4 is 5.32 Å². The Labute approximate surface area is 156 Å². The van der Waals surface area contributed by atoms with Crippen LogP contribution >= 0.6 is 11.3 Å². The first-order valence-corrected chi connectivity index (χ1v) is 9.50. The molecule has 0 spiro atoms. The number of nitro groups is 1. The Morgan fingerprint density at radius 3 is 2.54 bits per heavy atom. The van der Waals surface area contributed by atoms with Crippen molar-refractivity contribution in [1.82, 2.24) is 9.80 Å². The number of piperazine rings is 1. The van der Waals surface area contributed by atoms with E-state index in [4.69, 9.17) is 0 Å². The fourth-order valence-electron chi connectivity index (χ4n) is 3.03. The lowest BCUT2D eigenvalue weighted by Gasteiger charge is -2.34. The highest BCUT2D eigenvalue weighted by Gasteiger charge is 2.20. The molecule has 2 aromatic rings. The molecule has 0 bridgehead atoms. The van der Waals surface area contributed by atoms with E-state index < -0.39 is 4.92 Å². The summed E-state index contributed by atoms with van der Waals surface area (Å²) in [4.78, 5) is 28.7. The molecule has 1 N–H and O–H groups in total. The van der Waals surface area contributed by atoms with Crippen molar-refractivity contribution in [2.45, 2.75) is 6.42 Å². The van der Waals surface area contributed by atoms with Gasteiger partial charge >= 0.3 is 0 Å². The lowest BCUT2D eigenvalue weighted by molar-refractivity contribution is -0.383. The molecule has 138 valence electrons. The highest BCUT2D eigenvalue weighted by Crippen LogP contribution is 2.23. The van der Waals surface area contributed by atoms with E-state index in [0.717, 1.165) is 39.1 Å². The Kier molecular flexibility index (Phi) is 6.32. The van der Waals surface area contributed by atoms with Gasteiger partial charge in [0, 0.05) is 43.7 Å². The van der Waals surface area contributed by atoms with Crippen molar-refractivity contribution in [3.63, 3.8) is 0 Å². The summed E-state index contributed by atoms with van der Waals surface area (Å²) in [7, 11) is 0. The Bertz CT molecular complexity index is 743. The molecule has 7 nitrogen and oxygen atoms in total. The van der Waals surface area contributed by atoms with Crippen LogP contribution in [-0.4, -0.2) is 59.9 Å². The van der Waals surface area contributed by atoms with Crippen molar-refractivity contribution < 1.29 is 9.72 Å². The number of para-hydroxylation sites is 2. The highest BCUT2D eigenvalue weighted by atomic mass is 32.1. The number of anilines is 1. The van der Waals surface area contributed by atoms with Gasteiger partial charge in [0.2, 0.25) is 5.91 Å². The number of nitro benzene ring substituents is 1. The molecule has 0 radical (unpaired) electrons. The van der Waals surface area contributed by atoms with Crippen LogP contribution in [0.25, 0.3) is 0 Å². The van der Waals surface area contributed by atoms with Crippen LogP contribution in [0.3, 0.4) is 0 Å². The standard InChI is InChI=1S/C18H22N4O3S/c23-18(19-16-5-1-2-6-17(16)22(24)25)14-21-11-9-20(10-12-21)8-7-15-4-3-13-26-15/h1-6,13H,7-12,14H2,(H,19,23). The maximum absolute atomic E-state index is 12.2. The fraction of sp³-hybridized carbons (Fsp3) is 0.389. The van der Waals surface area contributed by atoms with Crippen molar-refractivity contribution in [1.29, 1.82) is 0 Å². The maximum atomic E-state index is 12.2. The van der Waals surface area contributed by atoms with Crippen molar-refractivity contribution in [2.24, 2.45) is 0 Å². The van der Waals surface area contributed by atoms with Crippen LogP contribution in [0, 0.1) is 10.1 Å². The van der Waals surface area contributed by atoms with Gasteiger partial charge in [0.05, 0.1) is 11.5 Å². The largest absolute Gasteiger partial charge is 0.319 e. The van der Waals surface area contributed by atoms with Gasteiger partial charge in [0.25, 0.3) is 5.69 Å². The van der Waals surface area contributed by atoms with Crippen molar-refractivity contribution >= 4 is 28.6 Å². The van der Waals surface area contributed by atoms with Crippen LogP contribution in [0.1, 0.15) is 4.88 Å². The van der Waals surface area contributed by atoms with Crippen LogP contribution in [0.4, 0.5) is 11.4 Å². The summed E-state index contributed by atoms with van der Waals surface area (Å²) in [5.41, 5.74) is 0.163. The van der Waals surface area contributed by atoms with Gasteiger partial charge in [0.1, 0.15) is 5.69 Å². The van der Waals surface area contributed by atoms with Gasteiger partial charge in [-0.25, -0.2) is 0 Å². The topological polar surface area (TPSA) is 78.7 Å². The monoisotopic (exact) mass is 374 g/mol. The number of rotatable bonds is 7. The first-order chi connectivity index (χ1) is 12.6. The van der Waals surface area contributed by atoms with Crippen LogP contribution in [0.2, 0.25) is 0 Å². The maximum Gasteiger partial charge on any atom is 0.292 e. The van der Waals surface area contributed by atoms with Crippen molar-refractivity contribution in [3.8, 4) is 0 Å². The number of nitrogens with zero attached hydrogens (tertiary/aromatic N) is 3. The number of hydrogen-bond acceptors (Lipinski definition) is 6. The molecular weight excluding hydrogens is 352 g/mol. The SMILES string of the molecule is O=C(CN1CCN(CCc2cccs2)CC1)Nc1ccccc1[N+](=O)[O-]. The van der Waals surface area contributed by atoms with E-state index in [0.29, 0.717) is 0 Å². The summed E-state index contributed by atoms with van der Waals surface area (Å²) in [6.45, 7) is 4.82. The molecule has 1 saturated heterocycles. The molecular formula is C18H22N4O3S. The molecule has 1 fully saturated rings. The zero-order chi connectivity index (χ0) is 18.4. The Morgan fingerprint density at radius 2 is 1.85 bits per heavy atom. The van der Waals surface area contributed by atoms with E-state index in [9.17, 15) is 14.9 Å². The number of amides is 1. The molecule has 1 amide bonds. The van der Waals surface area contributed by atoms with E-state index in [1.165, 1.54) is 10.9 Å². The molecule has 0 aliphatic carbocycles. The van der Waals surface area contributed by atoms with Crippen molar-refractivity contribution in [2.75, 3.05) is 44.6 Å². The molecule has 1 aromatic heterocycles. The molecule has 0 unspecified atom stereocenters. The molecule has 1 aliphatic rings. The first-order valence-electron chi connectivity index (χ1n) is 8.62. The summed E-state index contributed by atoms with van der Waals surface area (Å²) in [6, 6.07) is 10.4. The van der Waals surface area contributed by atoms with Gasteiger partial charge in [-0.15, -0.1) is 11.3 Å². The molecule has 0 atom stereocenters. The summed E-state index contributed by atoms with van der Waals surface area (Å²) in [5.74, 6) is -0.216. The van der Waals surface area contributed by atoms with Crippen LogP contribution in [-0.2, 0) is 11.2 Å². The number of carbonyl (C=O) groups excluding carboxylic acids is 1. The predicted octanol–water partition coefficient (Wildman–Crippen LogP) is 2.46. The number of carbonyl (C=O) groups is 1. The third kappa shape index (κ3) is 5.10. The van der Waals surface area contributed by atoms with Gasteiger partial charge in [-0.3, -0.25) is 19.8 Å². The zero-order valence-corrected chi connectivity index (χ0v) is 15.3.